The van der Waals surface area contributed by atoms with Crippen LogP contribution in [0.2, 0.25) is 0 Å². The van der Waals surface area contributed by atoms with Crippen molar-refractivity contribution in [3.8, 4) is 12.3 Å². The van der Waals surface area contributed by atoms with Crippen LogP contribution in [0, 0.1) is 18.3 Å². The highest BCUT2D eigenvalue weighted by Crippen LogP contribution is 2.30. The van der Waals surface area contributed by atoms with E-state index in [-0.39, 0.29) is 6.04 Å². The molecule has 0 aromatic carbocycles. The second-order valence-corrected chi connectivity index (χ2v) is 10.0. The van der Waals surface area contributed by atoms with E-state index in [1.54, 1.807) is 12.3 Å². The van der Waals surface area contributed by atoms with E-state index in [1.807, 2.05) is 27.0 Å². The number of hydrogen-bond acceptors (Lipinski definition) is 3. The zero-order valence-corrected chi connectivity index (χ0v) is 24.6. The first-order valence-electron chi connectivity index (χ1n) is 13.2. The first-order chi connectivity index (χ1) is 17.6. The maximum absolute atomic E-state index is 6.52. The van der Waals surface area contributed by atoms with Gasteiger partial charge in [-0.3, -0.25) is 0 Å². The van der Waals surface area contributed by atoms with Crippen molar-refractivity contribution in [2.45, 2.75) is 71.8 Å². The van der Waals surface area contributed by atoms with Crippen molar-refractivity contribution >= 4 is 11.6 Å². The molecule has 0 aliphatic heterocycles. The molecule has 0 spiro atoms. The third-order valence-electron chi connectivity index (χ3n) is 6.33. The predicted octanol–water partition coefficient (Wildman–Crippen LogP) is 8.09. The van der Waals surface area contributed by atoms with Crippen LogP contribution in [0.5, 0.6) is 0 Å². The Morgan fingerprint density at radius 3 is 2.32 bits per heavy atom. The van der Waals surface area contributed by atoms with Gasteiger partial charge in [-0.1, -0.05) is 86.7 Å². The number of nitrogens with one attached hydrogen (secondary N) is 3. The summed E-state index contributed by atoms with van der Waals surface area (Å²) in [6, 6.07) is 0.187. The normalized spacial score (nSPS) is 14.1. The summed E-state index contributed by atoms with van der Waals surface area (Å²) in [7, 11) is 1.95. The molecule has 0 bridgehead atoms. The van der Waals surface area contributed by atoms with Crippen molar-refractivity contribution in [2.24, 2.45) is 5.92 Å². The topological polar surface area (TPSA) is 36.1 Å². The lowest BCUT2D eigenvalue weighted by Gasteiger charge is -2.23. The average Bonchev–Trinajstić information content (AvgIpc) is 2.84. The van der Waals surface area contributed by atoms with Crippen molar-refractivity contribution in [2.75, 3.05) is 20.1 Å². The molecule has 0 heterocycles. The lowest BCUT2D eigenvalue weighted by molar-refractivity contribution is 0.488. The smallest absolute Gasteiger partial charge is 0.0589 e. The van der Waals surface area contributed by atoms with Gasteiger partial charge in [-0.2, -0.15) is 0 Å². The molecule has 3 nitrogen and oxygen atoms in total. The van der Waals surface area contributed by atoms with E-state index in [1.165, 1.54) is 5.57 Å². The third-order valence-corrected chi connectivity index (χ3v) is 6.56. The predicted molar refractivity (Wildman–Crippen MR) is 167 cm³/mol. The molecule has 0 aliphatic rings. The van der Waals surface area contributed by atoms with Crippen molar-refractivity contribution in [1.29, 1.82) is 0 Å². The molecule has 0 aromatic heterocycles. The first-order valence-corrected chi connectivity index (χ1v) is 13.6. The summed E-state index contributed by atoms with van der Waals surface area (Å²) in [4.78, 5) is 0. The SMILES string of the molecule is C#C/C(C=C)=C(\C=C/C)CCC/C(CCC(C)CC(=C)NC(CNC)C(=C)C)=C(\CCNC=C)C(=C)Cl. The Bertz CT molecular complexity index is 910. The fourth-order valence-corrected chi connectivity index (χ4v) is 4.54. The highest BCUT2D eigenvalue weighted by Gasteiger charge is 2.15. The van der Waals surface area contributed by atoms with Gasteiger partial charge in [0, 0.05) is 29.4 Å². The van der Waals surface area contributed by atoms with Gasteiger partial charge in [-0.15, -0.1) is 6.42 Å². The molecule has 0 aromatic rings. The van der Waals surface area contributed by atoms with Crippen LogP contribution in [0.25, 0.3) is 0 Å². The van der Waals surface area contributed by atoms with Crippen LogP contribution < -0.4 is 16.0 Å². The highest BCUT2D eigenvalue weighted by molar-refractivity contribution is 6.31. The minimum atomic E-state index is 0.187. The standard InChI is InChI=1S/C33H50ClN3/c1-11-16-30(29(12-2)13-3)17-15-18-31(32(28(9)34)21-22-36-14-4)20-19-26(7)23-27(8)37-33(24-35-10)25(5)6/h2,11,13-14,16,26,33,35-37H,3-5,8-9,15,17-24H2,1,6-7,10H3/b16-11-,30-29-,32-31-. The fourth-order valence-electron chi connectivity index (χ4n) is 4.32. The lowest BCUT2D eigenvalue weighted by atomic mass is 9.90. The molecule has 3 N–H and O–H groups in total. The number of halogens is 1. The van der Waals surface area contributed by atoms with Gasteiger partial charge in [0.25, 0.3) is 0 Å². The van der Waals surface area contributed by atoms with Crippen molar-refractivity contribution in [1.82, 2.24) is 16.0 Å². The summed E-state index contributed by atoms with van der Waals surface area (Å²) in [6.07, 6.45) is 19.8. The van der Waals surface area contributed by atoms with Crippen molar-refractivity contribution < 1.29 is 0 Å². The Morgan fingerprint density at radius 1 is 1.11 bits per heavy atom. The van der Waals surface area contributed by atoms with E-state index in [0.29, 0.717) is 11.0 Å². The summed E-state index contributed by atoms with van der Waals surface area (Å²) < 4.78 is 0. The largest absolute Gasteiger partial charge is 0.391 e. The van der Waals surface area contributed by atoms with Crippen molar-refractivity contribution in [3.63, 3.8) is 0 Å². The van der Waals surface area contributed by atoms with Gasteiger partial charge in [0.15, 0.2) is 0 Å². The Hall–Kier alpha value is -2.67. The Balaban J connectivity index is 5.54. The molecule has 0 saturated heterocycles. The van der Waals surface area contributed by atoms with Crippen LogP contribution in [-0.4, -0.2) is 26.2 Å². The molecular formula is C33H50ClN3. The maximum Gasteiger partial charge on any atom is 0.0589 e. The molecule has 0 saturated carbocycles. The van der Waals surface area contributed by atoms with Gasteiger partial charge in [-0.05, 0) is 89.1 Å². The molecule has 0 aliphatic carbocycles. The number of likely N-dealkylation sites (N-methyl/N-ethyl adjacent to an activating group) is 1. The summed E-state index contributed by atoms with van der Waals surface area (Å²) in [5, 5.41) is 10.6. The minimum Gasteiger partial charge on any atom is -0.391 e. The van der Waals surface area contributed by atoms with Gasteiger partial charge in [0.2, 0.25) is 0 Å². The van der Waals surface area contributed by atoms with E-state index in [4.69, 9.17) is 18.0 Å². The maximum atomic E-state index is 6.52. The van der Waals surface area contributed by atoms with E-state index in [9.17, 15) is 0 Å². The Labute approximate surface area is 233 Å². The van der Waals surface area contributed by atoms with Crippen LogP contribution in [0.3, 0.4) is 0 Å². The average molecular weight is 524 g/mol. The van der Waals surface area contributed by atoms with Gasteiger partial charge in [0.1, 0.15) is 0 Å². The molecular weight excluding hydrogens is 474 g/mol. The first kappa shape index (κ1) is 34.3. The Kier molecular flexibility index (Phi) is 18.9. The van der Waals surface area contributed by atoms with E-state index >= 15 is 0 Å². The molecule has 0 radical (unpaired) electrons. The van der Waals surface area contributed by atoms with E-state index in [0.717, 1.165) is 86.0 Å². The highest BCUT2D eigenvalue weighted by atomic mass is 35.5. The molecule has 0 rings (SSSR count). The van der Waals surface area contributed by atoms with Gasteiger partial charge in [0.05, 0.1) is 6.04 Å². The third kappa shape index (κ3) is 14.6. The Morgan fingerprint density at radius 2 is 1.81 bits per heavy atom. The zero-order chi connectivity index (χ0) is 28.2. The summed E-state index contributed by atoms with van der Waals surface area (Å²) in [5.41, 5.74) is 6.66. The van der Waals surface area contributed by atoms with Crippen LogP contribution >= 0.6 is 11.6 Å². The van der Waals surface area contributed by atoms with E-state index in [2.05, 4.69) is 67.8 Å². The number of terminal acetylenes is 1. The van der Waals surface area contributed by atoms with Gasteiger partial charge < -0.3 is 16.0 Å². The van der Waals surface area contributed by atoms with Gasteiger partial charge in [-0.25, -0.2) is 0 Å². The zero-order valence-electron chi connectivity index (χ0n) is 23.8. The fraction of sp³-hybridized carbons (Fsp3) is 0.455. The minimum absolute atomic E-state index is 0.187. The van der Waals surface area contributed by atoms with E-state index < -0.39 is 0 Å². The van der Waals surface area contributed by atoms with Crippen LogP contribution in [-0.2, 0) is 0 Å². The molecule has 204 valence electrons. The van der Waals surface area contributed by atoms with Crippen molar-refractivity contribution in [3.05, 3.63) is 95.9 Å². The summed E-state index contributed by atoms with van der Waals surface area (Å²) in [6.45, 7) is 28.0. The number of allylic oxidation sites excluding steroid dienone is 8. The van der Waals surface area contributed by atoms with Crippen LogP contribution in [0.4, 0.5) is 0 Å². The van der Waals surface area contributed by atoms with Gasteiger partial charge >= 0.3 is 0 Å². The number of rotatable bonds is 21. The molecule has 0 amide bonds. The molecule has 0 fully saturated rings. The monoisotopic (exact) mass is 523 g/mol. The van der Waals surface area contributed by atoms with Crippen LogP contribution in [0.15, 0.2) is 95.9 Å². The molecule has 2 atom stereocenters. The van der Waals surface area contributed by atoms with Crippen LogP contribution in [0.1, 0.15) is 65.7 Å². The second-order valence-electron chi connectivity index (χ2n) is 9.59. The summed E-state index contributed by atoms with van der Waals surface area (Å²) >= 11 is 6.52. The molecule has 4 heteroatoms. The second kappa shape index (κ2) is 20.4. The quantitative estimate of drug-likeness (QED) is 0.0615. The molecule has 37 heavy (non-hydrogen) atoms. The number of hydrogen-bond donors (Lipinski definition) is 3. The molecule has 2 unspecified atom stereocenters. The summed E-state index contributed by atoms with van der Waals surface area (Å²) in [5.74, 6) is 3.23. The lowest BCUT2D eigenvalue weighted by Crippen LogP contribution is -2.37.